The third-order valence-corrected chi connectivity index (χ3v) is 6.52. The van der Waals surface area contributed by atoms with Crippen molar-refractivity contribution in [1.29, 1.82) is 0 Å². The van der Waals surface area contributed by atoms with Crippen molar-refractivity contribution in [1.82, 2.24) is 14.7 Å². The summed E-state index contributed by atoms with van der Waals surface area (Å²) in [7, 11) is 0. The van der Waals surface area contributed by atoms with E-state index in [1.807, 2.05) is 31.2 Å². The van der Waals surface area contributed by atoms with Crippen LogP contribution in [0, 0.1) is 12.7 Å². The number of halogens is 1. The van der Waals surface area contributed by atoms with Gasteiger partial charge in [0.25, 0.3) is 5.91 Å². The van der Waals surface area contributed by atoms with Crippen LogP contribution in [-0.2, 0) is 0 Å². The van der Waals surface area contributed by atoms with Gasteiger partial charge in [-0.3, -0.25) is 14.3 Å². The molecular weight excluding hydrogens is 397 g/mol. The van der Waals surface area contributed by atoms with Gasteiger partial charge in [0.05, 0.1) is 18.3 Å². The molecule has 1 amide bonds. The Morgan fingerprint density at radius 2 is 1.87 bits per heavy atom. The van der Waals surface area contributed by atoms with E-state index in [-0.39, 0.29) is 35.4 Å². The Bertz CT molecular complexity index is 1220. The lowest BCUT2D eigenvalue weighted by atomic mass is 9.78. The summed E-state index contributed by atoms with van der Waals surface area (Å²) in [5, 5.41) is 14.8. The lowest BCUT2D eigenvalue weighted by Gasteiger charge is -2.42. The van der Waals surface area contributed by atoms with E-state index in [2.05, 4.69) is 5.10 Å². The number of hydrogen-bond donors (Lipinski definition) is 1. The number of carbonyl (C=O) groups is 1. The maximum atomic E-state index is 13.7. The minimum atomic E-state index is -0.676. The van der Waals surface area contributed by atoms with Crippen molar-refractivity contribution >= 4 is 5.91 Å². The molecule has 2 aliphatic heterocycles. The van der Waals surface area contributed by atoms with Gasteiger partial charge in [0.2, 0.25) is 5.43 Å². The van der Waals surface area contributed by atoms with Crippen molar-refractivity contribution in [3.8, 4) is 5.75 Å². The molecule has 31 heavy (non-hydrogen) atoms. The van der Waals surface area contributed by atoms with Gasteiger partial charge in [0.15, 0.2) is 11.4 Å². The summed E-state index contributed by atoms with van der Waals surface area (Å²) >= 11 is 0. The SMILES string of the molecule is Cc1ccccc1[C@H](c1ccc(F)cc1)[C@H]1[C@H]2CCCN2C(=O)c2c(O)c(=O)cnn21. The zero-order valence-electron chi connectivity index (χ0n) is 17.0. The smallest absolute Gasteiger partial charge is 0.276 e. The Morgan fingerprint density at radius 3 is 2.61 bits per heavy atom. The van der Waals surface area contributed by atoms with E-state index in [0.717, 1.165) is 35.7 Å². The standard InChI is InChI=1S/C24H22FN3O3/c1-14-5-2-3-6-17(14)20(15-8-10-16(25)11-9-15)21-18-7-4-12-27(18)24(31)22-23(30)19(29)13-26-28(21)22/h2-3,5-6,8-11,13,18,20-21,30H,4,7,12H2,1H3/t18-,20+,21-/m1/s1. The molecule has 3 aromatic rings. The first kappa shape index (κ1) is 19.5. The van der Waals surface area contributed by atoms with Crippen LogP contribution in [0.1, 0.15) is 52.0 Å². The number of aryl methyl sites for hydroxylation is 1. The van der Waals surface area contributed by atoms with Crippen molar-refractivity contribution in [3.05, 3.63) is 93.2 Å². The number of aromatic nitrogens is 2. The van der Waals surface area contributed by atoms with Crippen LogP contribution in [-0.4, -0.2) is 38.3 Å². The first-order valence-corrected chi connectivity index (χ1v) is 10.4. The predicted octanol–water partition coefficient (Wildman–Crippen LogP) is 3.39. The molecule has 2 aromatic carbocycles. The van der Waals surface area contributed by atoms with Crippen LogP contribution in [0.15, 0.2) is 59.5 Å². The molecule has 0 saturated carbocycles. The number of nitrogens with zero attached hydrogens (tertiary/aromatic N) is 3. The largest absolute Gasteiger partial charge is 0.502 e. The molecule has 3 heterocycles. The predicted molar refractivity (Wildman–Crippen MR) is 113 cm³/mol. The zero-order chi connectivity index (χ0) is 21.7. The van der Waals surface area contributed by atoms with E-state index >= 15 is 0 Å². The molecular formula is C24H22FN3O3. The molecule has 0 spiro atoms. The average molecular weight is 419 g/mol. The number of amides is 1. The summed E-state index contributed by atoms with van der Waals surface area (Å²) in [6.07, 6.45) is 2.67. The molecule has 0 aliphatic carbocycles. The molecule has 1 N–H and O–H groups in total. The van der Waals surface area contributed by atoms with Gasteiger partial charge in [-0.25, -0.2) is 4.39 Å². The van der Waals surface area contributed by atoms with Gasteiger partial charge < -0.3 is 10.0 Å². The first-order valence-electron chi connectivity index (χ1n) is 10.4. The van der Waals surface area contributed by atoms with E-state index in [1.165, 1.54) is 16.8 Å². The molecule has 0 bridgehead atoms. The van der Waals surface area contributed by atoms with Crippen LogP contribution in [0.25, 0.3) is 0 Å². The Balaban J connectivity index is 1.79. The van der Waals surface area contributed by atoms with Crippen LogP contribution >= 0.6 is 0 Å². The van der Waals surface area contributed by atoms with Gasteiger partial charge in [0, 0.05) is 12.5 Å². The van der Waals surface area contributed by atoms with Gasteiger partial charge in [0.1, 0.15) is 5.82 Å². The summed E-state index contributed by atoms with van der Waals surface area (Å²) in [6, 6.07) is 13.8. The van der Waals surface area contributed by atoms with Gasteiger partial charge in [-0.1, -0.05) is 36.4 Å². The van der Waals surface area contributed by atoms with Crippen LogP contribution in [0.5, 0.6) is 5.75 Å². The second-order valence-electron chi connectivity index (χ2n) is 8.24. The second kappa shape index (κ2) is 7.34. The number of fused-ring (bicyclic) bond motifs is 2. The summed E-state index contributed by atoms with van der Waals surface area (Å²) in [6.45, 7) is 2.58. The Kier molecular flexibility index (Phi) is 4.61. The average Bonchev–Trinajstić information content (AvgIpc) is 3.25. The molecule has 1 saturated heterocycles. The van der Waals surface area contributed by atoms with Crippen molar-refractivity contribution < 1.29 is 14.3 Å². The van der Waals surface area contributed by atoms with Crippen LogP contribution in [0.3, 0.4) is 0 Å². The first-order chi connectivity index (χ1) is 15.0. The van der Waals surface area contributed by atoms with Gasteiger partial charge >= 0.3 is 0 Å². The number of hydrogen-bond acceptors (Lipinski definition) is 4. The minimum absolute atomic E-state index is 0.0728. The summed E-state index contributed by atoms with van der Waals surface area (Å²) in [4.78, 5) is 27.0. The lowest BCUT2D eigenvalue weighted by molar-refractivity contribution is 0.0565. The fourth-order valence-corrected chi connectivity index (χ4v) is 5.11. The Morgan fingerprint density at radius 1 is 1.13 bits per heavy atom. The molecule has 3 atom stereocenters. The summed E-state index contributed by atoms with van der Waals surface area (Å²) in [5.74, 6) is -1.52. The molecule has 158 valence electrons. The maximum absolute atomic E-state index is 13.7. The van der Waals surface area contributed by atoms with E-state index < -0.39 is 11.2 Å². The summed E-state index contributed by atoms with van der Waals surface area (Å²) in [5.41, 5.74) is 2.23. The molecule has 7 heteroatoms. The Hall–Kier alpha value is -3.48. The molecule has 0 unspecified atom stereocenters. The Labute approximate surface area is 178 Å². The molecule has 1 fully saturated rings. The quantitative estimate of drug-likeness (QED) is 0.706. The zero-order valence-corrected chi connectivity index (χ0v) is 17.0. The number of benzene rings is 2. The van der Waals surface area contributed by atoms with Gasteiger partial charge in [-0.2, -0.15) is 5.10 Å². The minimum Gasteiger partial charge on any atom is -0.502 e. The van der Waals surface area contributed by atoms with Gasteiger partial charge in [-0.15, -0.1) is 0 Å². The van der Waals surface area contributed by atoms with Crippen molar-refractivity contribution in [2.45, 2.75) is 37.8 Å². The highest BCUT2D eigenvalue weighted by atomic mass is 19.1. The van der Waals surface area contributed by atoms with E-state index in [1.54, 1.807) is 17.0 Å². The molecule has 5 rings (SSSR count). The van der Waals surface area contributed by atoms with Crippen LogP contribution in [0.2, 0.25) is 0 Å². The lowest BCUT2D eigenvalue weighted by Crippen LogP contribution is -2.51. The van der Waals surface area contributed by atoms with Crippen LogP contribution < -0.4 is 5.43 Å². The second-order valence-corrected chi connectivity index (χ2v) is 8.24. The molecule has 6 nitrogen and oxygen atoms in total. The number of rotatable bonds is 3. The van der Waals surface area contributed by atoms with Gasteiger partial charge in [-0.05, 0) is 48.6 Å². The highest BCUT2D eigenvalue weighted by Crippen LogP contribution is 2.46. The van der Waals surface area contributed by atoms with E-state index in [9.17, 15) is 19.1 Å². The van der Waals surface area contributed by atoms with E-state index in [0.29, 0.717) is 6.54 Å². The fraction of sp³-hybridized carbons (Fsp3) is 0.292. The highest BCUT2D eigenvalue weighted by Gasteiger charge is 2.48. The molecule has 2 aliphatic rings. The van der Waals surface area contributed by atoms with Crippen LogP contribution in [0.4, 0.5) is 4.39 Å². The van der Waals surface area contributed by atoms with E-state index in [4.69, 9.17) is 0 Å². The number of aromatic hydroxyl groups is 1. The third-order valence-electron chi connectivity index (χ3n) is 6.52. The fourth-order valence-electron chi connectivity index (χ4n) is 5.11. The van der Waals surface area contributed by atoms with Crippen molar-refractivity contribution in [3.63, 3.8) is 0 Å². The monoisotopic (exact) mass is 419 g/mol. The topological polar surface area (TPSA) is 75.4 Å². The maximum Gasteiger partial charge on any atom is 0.276 e. The number of carbonyl (C=O) groups excluding carboxylic acids is 1. The third kappa shape index (κ3) is 3.03. The molecule has 0 radical (unpaired) electrons. The summed E-state index contributed by atoms with van der Waals surface area (Å²) < 4.78 is 15.3. The normalized spacial score (nSPS) is 21.0. The van der Waals surface area contributed by atoms with Crippen molar-refractivity contribution in [2.75, 3.05) is 6.54 Å². The molecule has 1 aromatic heterocycles. The highest BCUT2D eigenvalue weighted by molar-refractivity contribution is 5.96. The van der Waals surface area contributed by atoms with Crippen molar-refractivity contribution in [2.24, 2.45) is 0 Å².